The summed E-state index contributed by atoms with van der Waals surface area (Å²) in [5.41, 5.74) is 2.59. The third-order valence-corrected chi connectivity index (χ3v) is 4.69. The molecule has 0 saturated carbocycles. The summed E-state index contributed by atoms with van der Waals surface area (Å²) in [6.07, 6.45) is 10.3. The Morgan fingerprint density at radius 3 is 2.08 bits per heavy atom. The highest BCUT2D eigenvalue weighted by molar-refractivity contribution is 5.91. The zero-order valence-electron chi connectivity index (χ0n) is 15.8. The summed E-state index contributed by atoms with van der Waals surface area (Å²) in [5.74, 6) is -1.04. The van der Waals surface area contributed by atoms with Crippen molar-refractivity contribution in [2.75, 3.05) is 13.1 Å². The van der Waals surface area contributed by atoms with E-state index >= 15 is 0 Å². The average Bonchev–Trinajstić information content (AvgIpc) is 2.59. The monoisotopic (exact) mass is 333 g/mol. The van der Waals surface area contributed by atoms with Gasteiger partial charge in [-0.15, -0.1) is 0 Å². The summed E-state index contributed by atoms with van der Waals surface area (Å²) in [7, 11) is 0. The van der Waals surface area contributed by atoms with Crippen LogP contribution >= 0.6 is 0 Å². The zero-order chi connectivity index (χ0) is 17.8. The van der Waals surface area contributed by atoms with Gasteiger partial charge >= 0.3 is 0 Å². The topological polar surface area (TPSA) is 44.6 Å². The molecular formula is C21H35NO2. The molecule has 24 heavy (non-hydrogen) atoms. The summed E-state index contributed by atoms with van der Waals surface area (Å²) in [5, 5.41) is 11.7. The number of aryl methyl sites for hydroxylation is 1. The first kappa shape index (κ1) is 20.7. The van der Waals surface area contributed by atoms with Crippen molar-refractivity contribution in [1.29, 1.82) is 0 Å². The number of para-hydroxylation sites is 1. The van der Waals surface area contributed by atoms with E-state index in [0.717, 1.165) is 57.3 Å². The number of nitrogens with one attached hydrogen (secondary N) is 1. The lowest BCUT2D eigenvalue weighted by Gasteiger charge is -2.24. The van der Waals surface area contributed by atoms with E-state index in [4.69, 9.17) is 0 Å². The van der Waals surface area contributed by atoms with E-state index in [1.54, 1.807) is 6.07 Å². The maximum Gasteiger partial charge on any atom is 0.143 e. The van der Waals surface area contributed by atoms with Gasteiger partial charge in [0.05, 0.1) is 24.6 Å². The fourth-order valence-electron chi connectivity index (χ4n) is 3.29. The number of hydrogen-bond acceptors (Lipinski definition) is 2. The van der Waals surface area contributed by atoms with Crippen molar-refractivity contribution in [2.45, 2.75) is 78.6 Å². The van der Waals surface area contributed by atoms with Crippen LogP contribution in [0.3, 0.4) is 0 Å². The lowest BCUT2D eigenvalue weighted by molar-refractivity contribution is -0.833. The first-order valence-electron chi connectivity index (χ1n) is 9.83. The second-order valence-electron chi connectivity index (χ2n) is 6.75. The van der Waals surface area contributed by atoms with Gasteiger partial charge in [-0.05, 0) is 31.7 Å². The van der Waals surface area contributed by atoms with Gasteiger partial charge in [0.2, 0.25) is 0 Å². The smallest absolute Gasteiger partial charge is 0.143 e. The van der Waals surface area contributed by atoms with Crippen LogP contribution in [0.25, 0.3) is 0 Å². The van der Waals surface area contributed by atoms with Gasteiger partial charge in [-0.3, -0.25) is 0 Å². The fourth-order valence-corrected chi connectivity index (χ4v) is 3.29. The van der Waals surface area contributed by atoms with Gasteiger partial charge in [0.1, 0.15) is 5.69 Å². The molecule has 136 valence electrons. The molecule has 0 aromatic heterocycles. The first-order valence-corrected chi connectivity index (χ1v) is 9.83. The molecule has 0 heterocycles. The molecule has 3 heteroatoms. The van der Waals surface area contributed by atoms with Crippen molar-refractivity contribution in [3.05, 3.63) is 29.3 Å². The van der Waals surface area contributed by atoms with E-state index in [1.807, 2.05) is 6.07 Å². The second-order valence-corrected chi connectivity index (χ2v) is 6.75. The molecule has 0 fully saturated rings. The number of hydrogen-bond donors (Lipinski definition) is 1. The molecule has 1 N–H and O–H groups in total. The second kappa shape index (κ2) is 12.1. The van der Waals surface area contributed by atoms with Gasteiger partial charge in [0.15, 0.2) is 0 Å². The standard InChI is InChI=1S/C21H35NO2/c1-4-7-10-11-13-18-14-12-15-19(21(23)24)20(18)22(16-8-5-2)17-9-6-3/h12,14-15H,4-11,13,16-17H2,1-3H3,(H,23,24). The van der Waals surface area contributed by atoms with Crippen LogP contribution < -0.4 is 10.0 Å². The van der Waals surface area contributed by atoms with Crippen LogP contribution in [-0.2, 0) is 6.42 Å². The van der Waals surface area contributed by atoms with Crippen LogP contribution in [0.15, 0.2) is 18.2 Å². The highest BCUT2D eigenvalue weighted by Gasteiger charge is 2.20. The Bertz CT molecular complexity index is 477. The third-order valence-electron chi connectivity index (χ3n) is 4.69. The van der Waals surface area contributed by atoms with Crippen LogP contribution in [0, 0.1) is 0 Å². The molecule has 0 aliphatic heterocycles. The molecule has 0 aliphatic rings. The molecule has 0 radical (unpaired) electrons. The van der Waals surface area contributed by atoms with Crippen molar-refractivity contribution < 1.29 is 14.8 Å². The van der Waals surface area contributed by atoms with Crippen LogP contribution in [-0.4, -0.2) is 19.1 Å². The van der Waals surface area contributed by atoms with Gasteiger partial charge in [0.25, 0.3) is 0 Å². The Balaban J connectivity index is 3.08. The molecule has 0 aliphatic carbocycles. The van der Waals surface area contributed by atoms with Gasteiger partial charge < -0.3 is 14.8 Å². The summed E-state index contributed by atoms with van der Waals surface area (Å²) in [6, 6.07) is 5.71. The zero-order valence-corrected chi connectivity index (χ0v) is 15.8. The molecule has 0 atom stereocenters. The minimum atomic E-state index is -1.04. The predicted molar refractivity (Wildman–Crippen MR) is 98.8 cm³/mol. The maximum atomic E-state index is 11.7. The van der Waals surface area contributed by atoms with E-state index in [9.17, 15) is 9.90 Å². The number of benzene rings is 1. The Hall–Kier alpha value is -1.35. The minimum absolute atomic E-state index is 0.394. The van der Waals surface area contributed by atoms with Gasteiger partial charge in [0, 0.05) is 5.56 Å². The van der Waals surface area contributed by atoms with E-state index in [2.05, 4.69) is 26.8 Å². The number of carbonyl (C=O) groups excluding carboxylic acids is 1. The van der Waals surface area contributed by atoms with E-state index in [0.29, 0.717) is 5.56 Å². The van der Waals surface area contributed by atoms with Crippen molar-refractivity contribution in [3.63, 3.8) is 0 Å². The summed E-state index contributed by atoms with van der Waals surface area (Å²) >= 11 is 0. The fraction of sp³-hybridized carbons (Fsp3) is 0.667. The lowest BCUT2D eigenvalue weighted by atomic mass is 9.99. The summed E-state index contributed by atoms with van der Waals surface area (Å²) in [6.45, 7) is 8.59. The predicted octanol–water partition coefficient (Wildman–Crippen LogP) is 3.29. The molecular weight excluding hydrogens is 298 g/mol. The molecule has 0 bridgehead atoms. The molecule has 0 saturated heterocycles. The van der Waals surface area contributed by atoms with E-state index in [1.165, 1.54) is 29.7 Å². The average molecular weight is 334 g/mol. The number of quaternary nitrogens is 1. The van der Waals surface area contributed by atoms with E-state index < -0.39 is 5.97 Å². The first-order chi connectivity index (χ1) is 11.7. The number of rotatable bonds is 13. The number of aromatic carboxylic acids is 1. The van der Waals surface area contributed by atoms with E-state index in [-0.39, 0.29) is 0 Å². The maximum absolute atomic E-state index is 11.7. The minimum Gasteiger partial charge on any atom is -0.545 e. The molecule has 3 nitrogen and oxygen atoms in total. The number of carboxylic acid groups (broad SMARTS) is 1. The normalized spacial score (nSPS) is 11.2. The van der Waals surface area contributed by atoms with Crippen molar-refractivity contribution in [2.24, 2.45) is 0 Å². The SMILES string of the molecule is CCCCCCc1cccc(C(=O)[O-])c1[NH+](CCCC)CCCC. The largest absolute Gasteiger partial charge is 0.545 e. The summed E-state index contributed by atoms with van der Waals surface area (Å²) < 4.78 is 0. The van der Waals surface area contributed by atoms with Crippen LogP contribution in [0.5, 0.6) is 0 Å². The Morgan fingerprint density at radius 1 is 0.917 bits per heavy atom. The molecule has 1 aromatic rings. The Labute approximate surface area is 148 Å². The number of carboxylic acids is 1. The molecule has 0 unspecified atom stereocenters. The molecule has 0 amide bonds. The summed E-state index contributed by atoms with van der Waals surface area (Å²) in [4.78, 5) is 13.0. The molecule has 1 aromatic carbocycles. The van der Waals surface area contributed by atoms with Gasteiger partial charge in [-0.25, -0.2) is 0 Å². The molecule has 1 rings (SSSR count). The number of carbonyl (C=O) groups is 1. The third kappa shape index (κ3) is 6.64. The van der Waals surface area contributed by atoms with Crippen molar-refractivity contribution >= 4 is 11.7 Å². The highest BCUT2D eigenvalue weighted by atomic mass is 16.4. The van der Waals surface area contributed by atoms with Crippen molar-refractivity contribution in [3.8, 4) is 0 Å². The lowest BCUT2D eigenvalue weighted by Crippen LogP contribution is -3.07. The van der Waals surface area contributed by atoms with Gasteiger partial charge in [-0.1, -0.05) is 65.0 Å². The highest BCUT2D eigenvalue weighted by Crippen LogP contribution is 2.20. The molecule has 0 spiro atoms. The van der Waals surface area contributed by atoms with Crippen LogP contribution in [0.4, 0.5) is 5.69 Å². The van der Waals surface area contributed by atoms with Crippen LogP contribution in [0.1, 0.15) is 88.1 Å². The van der Waals surface area contributed by atoms with Crippen LogP contribution in [0.2, 0.25) is 0 Å². The number of unbranched alkanes of at least 4 members (excludes halogenated alkanes) is 5. The van der Waals surface area contributed by atoms with Crippen molar-refractivity contribution in [1.82, 2.24) is 0 Å². The Kier molecular flexibility index (Phi) is 10.4. The van der Waals surface area contributed by atoms with Gasteiger partial charge in [-0.2, -0.15) is 0 Å². The quantitative estimate of drug-likeness (QED) is 0.563. The Morgan fingerprint density at radius 2 is 1.54 bits per heavy atom.